The van der Waals surface area contributed by atoms with Gasteiger partial charge >= 0.3 is 5.97 Å². The fourth-order valence-electron chi connectivity index (χ4n) is 5.81. The zero-order valence-corrected chi connectivity index (χ0v) is 27.2. The van der Waals surface area contributed by atoms with Gasteiger partial charge in [-0.05, 0) is 77.6 Å². The van der Waals surface area contributed by atoms with Gasteiger partial charge in [-0.15, -0.1) is 16.4 Å². The monoisotopic (exact) mass is 653 g/mol. The predicted molar refractivity (Wildman–Crippen MR) is 170 cm³/mol. The van der Waals surface area contributed by atoms with Crippen molar-refractivity contribution in [1.29, 1.82) is 0 Å². The largest absolute Gasteiger partial charge is 0.472 e. The number of fused-ring (bicyclic) bond motifs is 3. The van der Waals surface area contributed by atoms with Crippen LogP contribution in [0.15, 0.2) is 52.9 Å². The fourth-order valence-corrected chi connectivity index (χ4v) is 8.47. The predicted octanol–water partition coefficient (Wildman–Crippen LogP) is 5.99. The number of halogens is 1. The summed E-state index contributed by atoms with van der Waals surface area (Å²) in [4.78, 5) is 17.1. The molecule has 0 saturated carbocycles. The first-order valence-electron chi connectivity index (χ1n) is 14.4. The molecule has 3 aromatic heterocycles. The van der Waals surface area contributed by atoms with Gasteiger partial charge in [-0.25, -0.2) is 18.1 Å². The number of rotatable bonds is 8. The maximum absolute atomic E-state index is 14.0. The molecule has 0 spiro atoms. The number of benzene rings is 2. The van der Waals surface area contributed by atoms with E-state index in [1.165, 1.54) is 16.6 Å². The molecule has 6 rings (SSSR count). The summed E-state index contributed by atoms with van der Waals surface area (Å²) in [7, 11) is -2.16. The Morgan fingerprint density at radius 3 is 2.82 bits per heavy atom. The quantitative estimate of drug-likeness (QED) is 0.188. The molecule has 1 aliphatic heterocycles. The van der Waals surface area contributed by atoms with E-state index in [0.29, 0.717) is 6.42 Å². The Kier molecular flexibility index (Phi) is 8.35. The number of ether oxygens (including phenoxy) is 2. The first kappa shape index (κ1) is 30.4. The van der Waals surface area contributed by atoms with Gasteiger partial charge in [0.1, 0.15) is 16.5 Å². The van der Waals surface area contributed by atoms with Gasteiger partial charge in [-0.3, -0.25) is 4.79 Å². The molecule has 5 aromatic rings. The van der Waals surface area contributed by atoms with Gasteiger partial charge in [-0.1, -0.05) is 35.9 Å². The number of aryl methyl sites for hydroxylation is 2. The van der Waals surface area contributed by atoms with Crippen molar-refractivity contribution in [2.24, 2.45) is 7.05 Å². The summed E-state index contributed by atoms with van der Waals surface area (Å²) in [5.74, 6) is -0.620. The van der Waals surface area contributed by atoms with Crippen LogP contribution in [0.25, 0.3) is 21.1 Å². The lowest BCUT2D eigenvalue weighted by atomic mass is 9.84. The van der Waals surface area contributed by atoms with Crippen molar-refractivity contribution in [3.05, 3.63) is 75.3 Å². The molecule has 0 amide bonds. The summed E-state index contributed by atoms with van der Waals surface area (Å²) in [6.07, 6.45) is 1.71. The van der Waals surface area contributed by atoms with Gasteiger partial charge in [-0.2, -0.15) is 4.31 Å². The van der Waals surface area contributed by atoms with Gasteiger partial charge in [0.05, 0.1) is 30.1 Å². The zero-order chi connectivity index (χ0) is 31.2. The number of hydrogen-bond donors (Lipinski definition) is 0. The highest BCUT2D eigenvalue weighted by molar-refractivity contribution is 7.89. The van der Waals surface area contributed by atoms with Crippen LogP contribution >= 0.6 is 22.9 Å². The number of esters is 1. The Bertz CT molecular complexity index is 1990. The van der Waals surface area contributed by atoms with Crippen molar-refractivity contribution in [2.45, 2.75) is 57.1 Å². The maximum Gasteiger partial charge on any atom is 0.306 e. The molecule has 13 heteroatoms. The molecular formula is C31H32ClN5O5S2. The minimum absolute atomic E-state index is 0.0485. The van der Waals surface area contributed by atoms with E-state index < -0.39 is 10.0 Å². The SMILES string of the molecule is CCOC(=O)CC(c1cc(CN2C[C@@H](CC)Oc3ncc(Cl)cc3S2(=O)=O)c2sccc2c1)c1ccc2c(nnn2C)c1C. The highest BCUT2D eigenvalue weighted by atomic mass is 35.5. The van der Waals surface area contributed by atoms with Crippen LogP contribution in [0.3, 0.4) is 0 Å². The number of hydrogen-bond acceptors (Lipinski definition) is 9. The Labute approximate surface area is 264 Å². The lowest BCUT2D eigenvalue weighted by Crippen LogP contribution is -2.36. The Morgan fingerprint density at radius 1 is 1.23 bits per heavy atom. The van der Waals surface area contributed by atoms with Crippen LogP contribution < -0.4 is 4.74 Å². The molecular weight excluding hydrogens is 622 g/mol. The van der Waals surface area contributed by atoms with Gasteiger partial charge in [0.15, 0.2) is 0 Å². The first-order chi connectivity index (χ1) is 21.1. The second-order valence-electron chi connectivity index (χ2n) is 10.8. The van der Waals surface area contributed by atoms with Crippen LogP contribution in [0.5, 0.6) is 5.88 Å². The maximum atomic E-state index is 14.0. The fraction of sp³-hybridized carbons (Fsp3) is 0.355. The third kappa shape index (κ3) is 5.55. The molecule has 0 N–H and O–H groups in total. The van der Waals surface area contributed by atoms with Crippen molar-refractivity contribution in [3.63, 3.8) is 0 Å². The number of thiophene rings is 1. The van der Waals surface area contributed by atoms with Gasteiger partial charge in [0.2, 0.25) is 15.9 Å². The highest BCUT2D eigenvalue weighted by Crippen LogP contribution is 2.39. The Hall–Kier alpha value is -3.58. The average Bonchev–Trinajstić information content (AvgIpc) is 3.61. The number of carbonyl (C=O) groups is 1. The van der Waals surface area contributed by atoms with Crippen LogP contribution in [0, 0.1) is 6.92 Å². The zero-order valence-electron chi connectivity index (χ0n) is 24.8. The van der Waals surface area contributed by atoms with E-state index in [1.54, 1.807) is 22.9 Å². The molecule has 0 saturated heterocycles. The molecule has 230 valence electrons. The lowest BCUT2D eigenvalue weighted by Gasteiger charge is -2.24. The smallest absolute Gasteiger partial charge is 0.306 e. The molecule has 2 aromatic carbocycles. The molecule has 0 radical (unpaired) electrons. The van der Waals surface area contributed by atoms with Crippen molar-refractivity contribution >= 4 is 60.0 Å². The number of nitrogens with zero attached hydrogens (tertiary/aromatic N) is 5. The van der Waals surface area contributed by atoms with Crippen LogP contribution in [0.2, 0.25) is 5.02 Å². The lowest BCUT2D eigenvalue weighted by molar-refractivity contribution is -0.143. The van der Waals surface area contributed by atoms with Gasteiger partial charge in [0.25, 0.3) is 0 Å². The minimum Gasteiger partial charge on any atom is -0.472 e. The van der Waals surface area contributed by atoms with E-state index in [9.17, 15) is 13.2 Å². The third-order valence-corrected chi connectivity index (χ3v) is 11.1. The molecule has 4 heterocycles. The first-order valence-corrected chi connectivity index (χ1v) is 17.1. The standard InChI is InChI=1S/C31H32ClN5O5S2/c1-5-23-17-37(44(39,40)27-13-22(32)15-33-31(27)42-23)16-21-12-20(11-19-9-10-43-30(19)21)25(14-28(38)41-6-2)24-7-8-26-29(18(24)3)34-35-36(26)4/h7-13,15,23,25H,5-6,14,16-17H2,1-4H3/t23-,25?/m1/s1. The van der Waals surface area contributed by atoms with Crippen LogP contribution in [0.4, 0.5) is 0 Å². The normalized spacial score (nSPS) is 17.2. The van der Waals surface area contributed by atoms with E-state index in [4.69, 9.17) is 21.1 Å². The van der Waals surface area contributed by atoms with Gasteiger partial charge in [0, 0.05) is 30.4 Å². The van der Waals surface area contributed by atoms with Gasteiger partial charge < -0.3 is 9.47 Å². The molecule has 10 nitrogen and oxygen atoms in total. The number of carbonyl (C=O) groups excluding carboxylic acids is 1. The van der Waals surface area contributed by atoms with Crippen LogP contribution in [-0.4, -0.2) is 57.9 Å². The van der Waals surface area contributed by atoms with Crippen molar-refractivity contribution in [2.75, 3.05) is 13.2 Å². The van der Waals surface area contributed by atoms with Crippen molar-refractivity contribution in [1.82, 2.24) is 24.3 Å². The van der Waals surface area contributed by atoms with E-state index >= 15 is 0 Å². The van der Waals surface area contributed by atoms with Crippen LogP contribution in [0.1, 0.15) is 54.9 Å². The van der Waals surface area contributed by atoms with Crippen molar-refractivity contribution < 1.29 is 22.7 Å². The van der Waals surface area contributed by atoms with Crippen molar-refractivity contribution in [3.8, 4) is 5.88 Å². The number of sulfonamides is 1. The molecule has 0 fully saturated rings. The third-order valence-electron chi connectivity index (χ3n) is 8.07. The average molecular weight is 654 g/mol. The number of aromatic nitrogens is 4. The van der Waals surface area contributed by atoms with E-state index in [2.05, 4.69) is 21.4 Å². The van der Waals surface area contributed by atoms with E-state index in [-0.39, 0.29) is 59.9 Å². The number of pyridine rings is 1. The molecule has 1 unspecified atom stereocenters. The summed E-state index contributed by atoms with van der Waals surface area (Å²) in [5, 5.41) is 11.7. The second-order valence-corrected chi connectivity index (χ2v) is 14.1. The second kappa shape index (κ2) is 12.1. The molecule has 44 heavy (non-hydrogen) atoms. The molecule has 0 bridgehead atoms. The van der Waals surface area contributed by atoms with E-state index in [1.807, 2.05) is 50.5 Å². The van der Waals surface area contributed by atoms with E-state index in [0.717, 1.165) is 43.4 Å². The highest BCUT2D eigenvalue weighted by Gasteiger charge is 2.36. The topological polar surface area (TPSA) is 117 Å². The Balaban J connectivity index is 1.47. The minimum atomic E-state index is -4.00. The molecule has 2 atom stereocenters. The summed E-state index contributed by atoms with van der Waals surface area (Å²) in [6, 6.07) is 11.5. The van der Waals surface area contributed by atoms with Crippen LogP contribution in [-0.2, 0) is 33.1 Å². The summed E-state index contributed by atoms with van der Waals surface area (Å²) in [5.41, 5.74) is 5.23. The summed E-state index contributed by atoms with van der Waals surface area (Å²) >= 11 is 7.73. The summed E-state index contributed by atoms with van der Waals surface area (Å²) < 4.78 is 43.6. The Morgan fingerprint density at radius 2 is 2.05 bits per heavy atom. The molecule has 1 aliphatic rings. The molecule has 0 aliphatic carbocycles. The summed E-state index contributed by atoms with van der Waals surface area (Å²) in [6.45, 7) is 6.25.